The Labute approximate surface area is 158 Å². The van der Waals surface area contributed by atoms with Crippen molar-refractivity contribution in [2.75, 3.05) is 43.7 Å². The molecule has 146 valence electrons. The van der Waals surface area contributed by atoms with Gasteiger partial charge in [-0.25, -0.2) is 13.4 Å². The zero-order valence-corrected chi connectivity index (χ0v) is 16.4. The van der Waals surface area contributed by atoms with Gasteiger partial charge in [0.1, 0.15) is 5.82 Å². The fourth-order valence-corrected chi connectivity index (χ4v) is 6.20. The Bertz CT molecular complexity index is 989. The van der Waals surface area contributed by atoms with Crippen molar-refractivity contribution < 1.29 is 17.9 Å². The van der Waals surface area contributed by atoms with E-state index >= 15 is 0 Å². The van der Waals surface area contributed by atoms with E-state index in [9.17, 15) is 8.42 Å². The second-order valence-electron chi connectivity index (χ2n) is 7.23. The van der Waals surface area contributed by atoms with Crippen LogP contribution in [0.1, 0.15) is 25.7 Å². The molecule has 1 saturated heterocycles. The molecule has 0 bridgehead atoms. The van der Waals surface area contributed by atoms with Gasteiger partial charge in [0.15, 0.2) is 21.3 Å². The van der Waals surface area contributed by atoms with Gasteiger partial charge in [-0.2, -0.15) is 4.98 Å². The van der Waals surface area contributed by atoms with Crippen molar-refractivity contribution in [3.8, 4) is 11.5 Å². The maximum Gasteiger partial charge on any atom is 0.227 e. The van der Waals surface area contributed by atoms with Crippen molar-refractivity contribution in [1.29, 1.82) is 0 Å². The standard InChI is InChI=1S/C18H24N4O4S/c1-25-14-10-12-13(11-15(14)26-2)20-17(21-16(12)19)22-7-6-18(4-3-5-18)27(23,24)9-8-22/h10-11H,3-9H2,1-2H3,(H2,19,20,21). The molecule has 1 aromatic carbocycles. The smallest absolute Gasteiger partial charge is 0.227 e. The average molecular weight is 392 g/mol. The Morgan fingerprint density at radius 3 is 2.41 bits per heavy atom. The summed E-state index contributed by atoms with van der Waals surface area (Å²) in [6.45, 7) is 0.986. The largest absolute Gasteiger partial charge is 0.493 e. The summed E-state index contributed by atoms with van der Waals surface area (Å²) < 4.78 is 35.5. The summed E-state index contributed by atoms with van der Waals surface area (Å²) in [5, 5.41) is 0.675. The summed E-state index contributed by atoms with van der Waals surface area (Å²) in [5.74, 6) is 2.03. The van der Waals surface area contributed by atoms with E-state index in [4.69, 9.17) is 15.2 Å². The Morgan fingerprint density at radius 1 is 1.07 bits per heavy atom. The lowest BCUT2D eigenvalue weighted by atomic mass is 9.81. The van der Waals surface area contributed by atoms with Crippen molar-refractivity contribution in [3.63, 3.8) is 0 Å². The highest BCUT2D eigenvalue weighted by Gasteiger charge is 2.49. The summed E-state index contributed by atoms with van der Waals surface area (Å²) in [4.78, 5) is 11.0. The Hall–Kier alpha value is -2.29. The van der Waals surface area contributed by atoms with Gasteiger partial charge >= 0.3 is 0 Å². The molecule has 2 aliphatic rings. The minimum absolute atomic E-state index is 0.125. The number of fused-ring (bicyclic) bond motifs is 1. The summed E-state index contributed by atoms with van der Waals surface area (Å²) in [6, 6.07) is 3.52. The van der Waals surface area contributed by atoms with E-state index in [1.165, 1.54) is 0 Å². The molecule has 1 aliphatic heterocycles. The Kier molecular flexibility index (Phi) is 4.29. The predicted octanol–water partition coefficient (Wildman–Crippen LogP) is 1.78. The molecule has 1 aromatic heterocycles. The van der Waals surface area contributed by atoms with Crippen molar-refractivity contribution >= 4 is 32.5 Å². The minimum Gasteiger partial charge on any atom is -0.493 e. The van der Waals surface area contributed by atoms with Crippen LogP contribution >= 0.6 is 0 Å². The van der Waals surface area contributed by atoms with Crippen LogP contribution < -0.4 is 20.1 Å². The third-order valence-electron chi connectivity index (χ3n) is 5.89. The number of aromatic nitrogens is 2. The Morgan fingerprint density at radius 2 is 1.78 bits per heavy atom. The summed E-state index contributed by atoms with van der Waals surface area (Å²) >= 11 is 0. The Balaban J connectivity index is 1.71. The molecule has 0 unspecified atom stereocenters. The molecule has 2 aromatic rings. The van der Waals surface area contributed by atoms with E-state index in [-0.39, 0.29) is 5.75 Å². The van der Waals surface area contributed by atoms with Crippen molar-refractivity contribution in [3.05, 3.63) is 12.1 Å². The molecule has 0 atom stereocenters. The molecule has 1 saturated carbocycles. The second kappa shape index (κ2) is 6.40. The normalized spacial score (nSPS) is 20.9. The van der Waals surface area contributed by atoms with Gasteiger partial charge in [-0.05, 0) is 25.3 Å². The molecular weight excluding hydrogens is 368 g/mol. The number of rotatable bonds is 3. The van der Waals surface area contributed by atoms with Gasteiger partial charge in [0.2, 0.25) is 5.95 Å². The van der Waals surface area contributed by atoms with Crippen LogP contribution in [0.25, 0.3) is 10.9 Å². The molecule has 9 heteroatoms. The van der Waals surface area contributed by atoms with Gasteiger partial charge in [0, 0.05) is 24.5 Å². The van der Waals surface area contributed by atoms with Gasteiger partial charge in [-0.15, -0.1) is 0 Å². The van der Waals surface area contributed by atoms with Crippen molar-refractivity contribution in [2.24, 2.45) is 0 Å². The highest BCUT2D eigenvalue weighted by Crippen LogP contribution is 2.44. The molecule has 27 heavy (non-hydrogen) atoms. The third kappa shape index (κ3) is 2.84. The SMILES string of the molecule is COc1cc2nc(N3CCC4(CCC4)S(=O)(=O)CC3)nc(N)c2cc1OC. The van der Waals surface area contributed by atoms with Gasteiger partial charge in [0.05, 0.1) is 30.2 Å². The topological polar surface area (TPSA) is 108 Å². The van der Waals surface area contributed by atoms with Crippen LogP contribution in [-0.4, -0.2) is 56.2 Å². The van der Waals surface area contributed by atoms with Gasteiger partial charge in [-0.3, -0.25) is 0 Å². The molecule has 1 aliphatic carbocycles. The number of methoxy groups -OCH3 is 2. The van der Waals surface area contributed by atoms with Crippen molar-refractivity contribution in [2.45, 2.75) is 30.4 Å². The minimum atomic E-state index is -3.10. The van der Waals surface area contributed by atoms with Crippen LogP contribution in [-0.2, 0) is 9.84 Å². The number of benzene rings is 1. The molecule has 2 fully saturated rings. The summed E-state index contributed by atoms with van der Waals surface area (Å²) in [7, 11) is 0.0199. The number of nitrogens with two attached hydrogens (primary N) is 1. The quantitative estimate of drug-likeness (QED) is 0.842. The van der Waals surface area contributed by atoms with Crippen molar-refractivity contribution in [1.82, 2.24) is 9.97 Å². The number of ether oxygens (including phenoxy) is 2. The number of sulfone groups is 1. The lowest BCUT2D eigenvalue weighted by Gasteiger charge is -2.39. The van der Waals surface area contributed by atoms with E-state index in [1.54, 1.807) is 26.4 Å². The van der Waals surface area contributed by atoms with Gasteiger partial charge in [-0.1, -0.05) is 6.42 Å². The first-order chi connectivity index (χ1) is 12.9. The second-order valence-corrected chi connectivity index (χ2v) is 9.73. The molecule has 2 N–H and O–H groups in total. The highest BCUT2D eigenvalue weighted by molar-refractivity contribution is 7.92. The molecule has 4 rings (SSSR count). The van der Waals surface area contributed by atoms with E-state index in [0.717, 1.165) is 19.3 Å². The van der Waals surface area contributed by atoms with E-state index in [0.29, 0.717) is 53.7 Å². The fourth-order valence-electron chi connectivity index (χ4n) is 3.99. The van der Waals surface area contributed by atoms with Gasteiger partial charge in [0.25, 0.3) is 0 Å². The fraction of sp³-hybridized carbons (Fsp3) is 0.556. The van der Waals surface area contributed by atoms with Crippen LogP contribution in [0.4, 0.5) is 11.8 Å². The molecule has 1 spiro atoms. The van der Waals surface area contributed by atoms with Gasteiger partial charge < -0.3 is 20.1 Å². The van der Waals surface area contributed by atoms with E-state index in [1.807, 2.05) is 4.90 Å². The van der Waals surface area contributed by atoms with E-state index in [2.05, 4.69) is 9.97 Å². The van der Waals surface area contributed by atoms with Crippen LogP contribution in [0.2, 0.25) is 0 Å². The maximum atomic E-state index is 12.7. The summed E-state index contributed by atoms with van der Waals surface area (Å²) in [6.07, 6.45) is 3.13. The lowest BCUT2D eigenvalue weighted by molar-refractivity contribution is 0.324. The van der Waals surface area contributed by atoms with Crippen LogP contribution in [0, 0.1) is 0 Å². The monoisotopic (exact) mass is 392 g/mol. The molecule has 2 heterocycles. The zero-order chi connectivity index (χ0) is 19.2. The first kappa shape index (κ1) is 18.1. The molecule has 8 nitrogen and oxygen atoms in total. The molecular formula is C18H24N4O4S. The third-order valence-corrected chi connectivity index (χ3v) is 8.55. The highest BCUT2D eigenvalue weighted by atomic mass is 32.2. The van der Waals surface area contributed by atoms with Crippen LogP contribution in [0.3, 0.4) is 0 Å². The first-order valence-electron chi connectivity index (χ1n) is 9.06. The first-order valence-corrected chi connectivity index (χ1v) is 10.7. The van der Waals surface area contributed by atoms with E-state index < -0.39 is 14.6 Å². The molecule has 0 amide bonds. The number of hydrogen-bond donors (Lipinski definition) is 1. The predicted molar refractivity (Wildman–Crippen MR) is 104 cm³/mol. The number of nitrogens with zero attached hydrogens (tertiary/aromatic N) is 3. The van der Waals surface area contributed by atoms with Crippen LogP contribution in [0.5, 0.6) is 11.5 Å². The number of hydrogen-bond acceptors (Lipinski definition) is 8. The maximum absolute atomic E-state index is 12.7. The molecule has 0 radical (unpaired) electrons. The average Bonchev–Trinajstić information content (AvgIpc) is 2.75. The number of nitrogen functional groups attached to an aromatic ring is 1. The number of anilines is 2. The lowest BCUT2D eigenvalue weighted by Crippen LogP contribution is -2.46. The zero-order valence-electron chi connectivity index (χ0n) is 15.6. The summed E-state index contributed by atoms with van der Waals surface area (Å²) in [5.41, 5.74) is 6.81. The van der Waals surface area contributed by atoms with Crippen LogP contribution in [0.15, 0.2) is 12.1 Å².